The molecule has 0 unspecified atom stereocenters. The van der Waals surface area contributed by atoms with Crippen LogP contribution in [-0.4, -0.2) is 31.6 Å². The lowest BCUT2D eigenvalue weighted by molar-refractivity contribution is -0.120. The van der Waals surface area contributed by atoms with Gasteiger partial charge in [0.15, 0.2) is 6.61 Å². The number of carbonyl (C=O) groups excluding carboxylic acids is 1. The molecule has 0 radical (unpaired) electrons. The van der Waals surface area contributed by atoms with Gasteiger partial charge >= 0.3 is 0 Å². The Hall–Kier alpha value is -3.34. The molecule has 1 aliphatic heterocycles. The molecule has 0 atom stereocenters. The molecule has 2 heterocycles. The third kappa shape index (κ3) is 3.24. The van der Waals surface area contributed by atoms with Crippen molar-refractivity contribution in [2.24, 2.45) is 0 Å². The number of benzene rings is 2. The predicted molar refractivity (Wildman–Crippen MR) is 108 cm³/mol. The van der Waals surface area contributed by atoms with Crippen molar-refractivity contribution in [1.29, 1.82) is 0 Å². The highest BCUT2D eigenvalue weighted by Crippen LogP contribution is 2.36. The number of likely N-dealkylation sites (N-methyl/N-ethyl adjacent to an activating group) is 1. The summed E-state index contributed by atoms with van der Waals surface area (Å²) in [7, 11) is 3.78. The highest BCUT2D eigenvalue weighted by Gasteiger charge is 2.22. The van der Waals surface area contributed by atoms with Gasteiger partial charge in [-0.2, -0.15) is 0 Å². The molecule has 0 aliphatic carbocycles. The SMILES string of the molecule is Cc1ccc(N(C)c2cc(-c3ccc4c(c3)N(C)C(=O)CO4)ccn2)cc1. The van der Waals surface area contributed by atoms with Crippen molar-refractivity contribution in [1.82, 2.24) is 4.98 Å². The number of fused-ring (bicyclic) bond motifs is 1. The largest absolute Gasteiger partial charge is 0.482 e. The molecular formula is C22H21N3O2. The summed E-state index contributed by atoms with van der Waals surface area (Å²) in [6.45, 7) is 2.16. The molecule has 0 saturated heterocycles. The van der Waals surface area contributed by atoms with Crippen LogP contribution in [0.3, 0.4) is 0 Å². The first-order chi connectivity index (χ1) is 13.0. The van der Waals surface area contributed by atoms with Crippen molar-refractivity contribution in [2.45, 2.75) is 6.92 Å². The fourth-order valence-electron chi connectivity index (χ4n) is 3.13. The normalized spacial score (nSPS) is 13.1. The number of pyridine rings is 1. The maximum absolute atomic E-state index is 11.9. The molecule has 0 fully saturated rings. The van der Waals surface area contributed by atoms with Crippen molar-refractivity contribution >= 4 is 23.1 Å². The summed E-state index contributed by atoms with van der Waals surface area (Å²) in [6, 6.07) is 18.3. The highest BCUT2D eigenvalue weighted by atomic mass is 16.5. The highest BCUT2D eigenvalue weighted by molar-refractivity contribution is 5.98. The Morgan fingerprint density at radius 3 is 2.56 bits per heavy atom. The number of aromatic nitrogens is 1. The Morgan fingerprint density at radius 1 is 1.04 bits per heavy atom. The molecule has 0 saturated carbocycles. The van der Waals surface area contributed by atoms with E-state index in [-0.39, 0.29) is 12.5 Å². The number of carbonyl (C=O) groups is 1. The predicted octanol–water partition coefficient (Wildman–Crippen LogP) is 4.18. The molecule has 0 bridgehead atoms. The summed E-state index contributed by atoms with van der Waals surface area (Å²) in [5, 5.41) is 0. The number of nitrogens with zero attached hydrogens (tertiary/aromatic N) is 3. The lowest BCUT2D eigenvalue weighted by Gasteiger charge is -2.26. The Kier molecular flexibility index (Phi) is 4.28. The number of anilines is 3. The van der Waals surface area contributed by atoms with Crippen LogP contribution in [0.25, 0.3) is 11.1 Å². The van der Waals surface area contributed by atoms with Gasteiger partial charge in [-0.25, -0.2) is 4.98 Å². The van der Waals surface area contributed by atoms with Crippen molar-refractivity contribution in [3.63, 3.8) is 0 Å². The minimum atomic E-state index is -0.0471. The number of hydrogen-bond donors (Lipinski definition) is 0. The van der Waals surface area contributed by atoms with E-state index < -0.39 is 0 Å². The number of aryl methyl sites for hydroxylation is 1. The number of amides is 1. The van der Waals surface area contributed by atoms with Crippen LogP contribution < -0.4 is 14.5 Å². The minimum Gasteiger partial charge on any atom is -0.482 e. The molecule has 5 heteroatoms. The van der Waals surface area contributed by atoms with E-state index >= 15 is 0 Å². The summed E-state index contributed by atoms with van der Waals surface area (Å²) in [4.78, 5) is 20.1. The average molecular weight is 359 g/mol. The first-order valence-corrected chi connectivity index (χ1v) is 8.83. The molecule has 136 valence electrons. The molecule has 0 N–H and O–H groups in total. The average Bonchev–Trinajstić information content (AvgIpc) is 2.71. The van der Waals surface area contributed by atoms with Gasteiger partial charge in [0.1, 0.15) is 11.6 Å². The molecule has 1 aromatic heterocycles. The summed E-state index contributed by atoms with van der Waals surface area (Å²) in [5.41, 5.74) is 5.14. The number of rotatable bonds is 3. The molecule has 1 aliphatic rings. The van der Waals surface area contributed by atoms with Crippen LogP contribution in [0.2, 0.25) is 0 Å². The number of ether oxygens (including phenoxy) is 1. The molecule has 5 nitrogen and oxygen atoms in total. The fraction of sp³-hybridized carbons (Fsp3) is 0.182. The van der Waals surface area contributed by atoms with E-state index in [1.165, 1.54) is 5.56 Å². The van der Waals surface area contributed by atoms with E-state index in [2.05, 4.69) is 41.1 Å². The Morgan fingerprint density at radius 2 is 1.78 bits per heavy atom. The zero-order valence-corrected chi connectivity index (χ0v) is 15.6. The van der Waals surface area contributed by atoms with E-state index in [0.717, 1.165) is 34.1 Å². The maximum atomic E-state index is 11.9. The number of hydrogen-bond acceptors (Lipinski definition) is 4. The van der Waals surface area contributed by atoms with E-state index in [4.69, 9.17) is 4.74 Å². The molecule has 27 heavy (non-hydrogen) atoms. The summed E-state index contributed by atoms with van der Waals surface area (Å²) >= 11 is 0. The second-order valence-corrected chi connectivity index (χ2v) is 6.72. The minimum absolute atomic E-state index is 0.0471. The molecule has 0 spiro atoms. The van der Waals surface area contributed by atoms with Crippen LogP contribution in [0.1, 0.15) is 5.56 Å². The Labute approximate surface area is 158 Å². The van der Waals surface area contributed by atoms with Gasteiger partial charge in [-0.3, -0.25) is 4.79 Å². The topological polar surface area (TPSA) is 45.7 Å². The van der Waals surface area contributed by atoms with Gasteiger partial charge in [-0.05, 0) is 54.4 Å². The third-order valence-corrected chi connectivity index (χ3v) is 4.89. The van der Waals surface area contributed by atoms with E-state index in [1.807, 2.05) is 37.4 Å². The second kappa shape index (κ2) is 6.76. The van der Waals surface area contributed by atoms with E-state index in [1.54, 1.807) is 18.1 Å². The van der Waals surface area contributed by atoms with Gasteiger partial charge < -0.3 is 14.5 Å². The smallest absolute Gasteiger partial charge is 0.264 e. The van der Waals surface area contributed by atoms with Crippen LogP contribution in [-0.2, 0) is 4.79 Å². The van der Waals surface area contributed by atoms with E-state index in [0.29, 0.717) is 0 Å². The molecule has 1 amide bonds. The van der Waals surface area contributed by atoms with Gasteiger partial charge in [0, 0.05) is 26.0 Å². The van der Waals surface area contributed by atoms with Crippen LogP contribution in [0.15, 0.2) is 60.8 Å². The molecule has 3 aromatic rings. The lowest BCUT2D eigenvalue weighted by Crippen LogP contribution is -2.35. The van der Waals surface area contributed by atoms with Crippen molar-refractivity contribution in [2.75, 3.05) is 30.5 Å². The van der Waals surface area contributed by atoms with Gasteiger partial charge in [0.05, 0.1) is 5.69 Å². The van der Waals surface area contributed by atoms with Gasteiger partial charge in [0.2, 0.25) is 0 Å². The van der Waals surface area contributed by atoms with Gasteiger partial charge in [-0.1, -0.05) is 23.8 Å². The standard InChI is InChI=1S/C22H21N3O2/c1-15-4-7-18(8-5-15)24(2)21-13-17(10-11-23-21)16-6-9-20-19(12-16)25(3)22(26)14-27-20/h4-13H,14H2,1-3H3. The zero-order chi connectivity index (χ0) is 19.0. The fourth-order valence-corrected chi connectivity index (χ4v) is 3.13. The van der Waals surface area contributed by atoms with Crippen molar-refractivity contribution in [3.05, 3.63) is 66.4 Å². The monoisotopic (exact) mass is 359 g/mol. The summed E-state index contributed by atoms with van der Waals surface area (Å²) < 4.78 is 5.51. The zero-order valence-electron chi connectivity index (χ0n) is 15.6. The van der Waals surface area contributed by atoms with Crippen molar-refractivity contribution in [3.8, 4) is 16.9 Å². The van der Waals surface area contributed by atoms with Crippen LogP contribution in [0.4, 0.5) is 17.2 Å². The Balaban J connectivity index is 1.69. The van der Waals surface area contributed by atoms with Crippen LogP contribution in [0, 0.1) is 6.92 Å². The lowest BCUT2D eigenvalue weighted by atomic mass is 10.0. The summed E-state index contributed by atoms with van der Waals surface area (Å²) in [5.74, 6) is 1.54. The van der Waals surface area contributed by atoms with Crippen LogP contribution >= 0.6 is 0 Å². The molecule has 4 rings (SSSR count). The quantitative estimate of drug-likeness (QED) is 0.704. The first-order valence-electron chi connectivity index (χ1n) is 8.83. The van der Waals surface area contributed by atoms with Gasteiger partial charge in [-0.15, -0.1) is 0 Å². The first kappa shape index (κ1) is 17.1. The maximum Gasteiger partial charge on any atom is 0.264 e. The summed E-state index contributed by atoms with van der Waals surface area (Å²) in [6.07, 6.45) is 1.81. The van der Waals surface area contributed by atoms with Gasteiger partial charge in [0.25, 0.3) is 5.91 Å². The van der Waals surface area contributed by atoms with Crippen LogP contribution in [0.5, 0.6) is 5.75 Å². The van der Waals surface area contributed by atoms with E-state index in [9.17, 15) is 4.79 Å². The van der Waals surface area contributed by atoms with Crippen molar-refractivity contribution < 1.29 is 9.53 Å². The molecular weight excluding hydrogens is 338 g/mol. The molecule has 2 aromatic carbocycles. The Bertz CT molecular complexity index is 999. The third-order valence-electron chi connectivity index (χ3n) is 4.89. The second-order valence-electron chi connectivity index (χ2n) is 6.72.